The van der Waals surface area contributed by atoms with Gasteiger partial charge in [0.05, 0.1) is 5.69 Å². The van der Waals surface area contributed by atoms with E-state index in [-0.39, 0.29) is 11.5 Å². The predicted octanol–water partition coefficient (Wildman–Crippen LogP) is 3.30. The molecule has 1 nitrogen and oxygen atoms in total. The van der Waals surface area contributed by atoms with Crippen LogP contribution in [0.1, 0.15) is 19.8 Å². The van der Waals surface area contributed by atoms with Gasteiger partial charge in [0.15, 0.2) is 0 Å². The highest BCUT2D eigenvalue weighted by molar-refractivity contribution is 7.99. The third-order valence-electron chi connectivity index (χ3n) is 1.77. The summed E-state index contributed by atoms with van der Waals surface area (Å²) in [6.07, 6.45) is 2.29. The Bertz CT molecular complexity index is 276. The Morgan fingerprint density at radius 1 is 1.46 bits per heavy atom. The number of nitrogen functional groups attached to an aromatic ring is 1. The molecule has 0 saturated carbocycles. The van der Waals surface area contributed by atoms with E-state index in [4.69, 9.17) is 5.73 Å². The minimum Gasteiger partial charge on any atom is -0.395 e. The molecule has 0 aliphatic heterocycles. The summed E-state index contributed by atoms with van der Waals surface area (Å²) in [7, 11) is 0. The van der Waals surface area contributed by atoms with Crippen molar-refractivity contribution in [2.24, 2.45) is 0 Å². The van der Waals surface area contributed by atoms with Gasteiger partial charge in [-0.05, 0) is 24.3 Å². The number of thioether (sulfide) groups is 1. The summed E-state index contributed by atoms with van der Waals surface area (Å²) in [5, 5.41) is 0. The zero-order chi connectivity index (χ0) is 9.68. The zero-order valence-corrected chi connectivity index (χ0v) is 8.53. The van der Waals surface area contributed by atoms with E-state index < -0.39 is 0 Å². The molecule has 0 heterocycles. The van der Waals surface area contributed by atoms with Crippen molar-refractivity contribution in [3.05, 3.63) is 24.0 Å². The smallest absolute Gasteiger partial charge is 0.147 e. The van der Waals surface area contributed by atoms with Crippen molar-refractivity contribution in [3.8, 4) is 0 Å². The van der Waals surface area contributed by atoms with E-state index in [1.54, 1.807) is 17.8 Å². The lowest BCUT2D eigenvalue weighted by atomic mass is 10.3. The monoisotopic (exact) mass is 199 g/mol. The van der Waals surface area contributed by atoms with E-state index in [1.165, 1.54) is 6.07 Å². The number of halogens is 1. The lowest BCUT2D eigenvalue weighted by Gasteiger charge is -2.04. The molecule has 72 valence electrons. The second-order valence-electron chi connectivity index (χ2n) is 2.85. The van der Waals surface area contributed by atoms with Crippen LogP contribution in [-0.4, -0.2) is 5.75 Å². The van der Waals surface area contributed by atoms with Gasteiger partial charge in [0, 0.05) is 4.90 Å². The maximum absolute atomic E-state index is 13.0. The lowest BCUT2D eigenvalue weighted by molar-refractivity contribution is 0.629. The lowest BCUT2D eigenvalue weighted by Crippen LogP contribution is -1.93. The predicted molar refractivity (Wildman–Crippen MR) is 56.4 cm³/mol. The molecule has 0 bridgehead atoms. The van der Waals surface area contributed by atoms with Gasteiger partial charge in [-0.2, -0.15) is 0 Å². The summed E-state index contributed by atoms with van der Waals surface area (Å²) in [6, 6.07) is 4.94. The van der Waals surface area contributed by atoms with Crippen LogP contribution in [0.15, 0.2) is 23.1 Å². The Labute approximate surface area is 82.5 Å². The standard InChI is InChI=1S/C10H14FNS/c1-2-3-7-13-9-6-4-5-8(11)10(9)12/h4-6H,2-3,7,12H2,1H3. The SMILES string of the molecule is CCCCSc1cccc(F)c1N. The van der Waals surface area contributed by atoms with Gasteiger partial charge in [0.25, 0.3) is 0 Å². The van der Waals surface area contributed by atoms with Crippen molar-refractivity contribution in [3.63, 3.8) is 0 Å². The van der Waals surface area contributed by atoms with Gasteiger partial charge in [0.1, 0.15) is 5.82 Å². The van der Waals surface area contributed by atoms with Gasteiger partial charge in [-0.1, -0.05) is 19.4 Å². The quantitative estimate of drug-likeness (QED) is 0.457. The van der Waals surface area contributed by atoms with E-state index >= 15 is 0 Å². The highest BCUT2D eigenvalue weighted by Crippen LogP contribution is 2.27. The first-order valence-corrected chi connectivity index (χ1v) is 5.41. The van der Waals surface area contributed by atoms with Crippen molar-refractivity contribution in [1.82, 2.24) is 0 Å². The molecule has 0 amide bonds. The number of hydrogen-bond donors (Lipinski definition) is 1. The molecule has 13 heavy (non-hydrogen) atoms. The minimum absolute atomic E-state index is 0.281. The molecule has 0 radical (unpaired) electrons. The Balaban J connectivity index is 2.61. The molecule has 0 atom stereocenters. The third-order valence-corrected chi connectivity index (χ3v) is 2.93. The number of anilines is 1. The van der Waals surface area contributed by atoms with E-state index in [9.17, 15) is 4.39 Å². The maximum atomic E-state index is 13.0. The summed E-state index contributed by atoms with van der Waals surface area (Å²) >= 11 is 1.62. The van der Waals surface area contributed by atoms with Crippen molar-refractivity contribution < 1.29 is 4.39 Å². The summed E-state index contributed by atoms with van der Waals surface area (Å²) in [4.78, 5) is 0.855. The van der Waals surface area contributed by atoms with Crippen LogP contribution >= 0.6 is 11.8 Å². The topological polar surface area (TPSA) is 26.0 Å². The van der Waals surface area contributed by atoms with Gasteiger partial charge in [-0.3, -0.25) is 0 Å². The van der Waals surface area contributed by atoms with Crippen LogP contribution in [-0.2, 0) is 0 Å². The molecule has 2 N–H and O–H groups in total. The second kappa shape index (κ2) is 5.12. The average Bonchev–Trinajstić information content (AvgIpc) is 2.13. The van der Waals surface area contributed by atoms with Crippen molar-refractivity contribution in [2.45, 2.75) is 24.7 Å². The Hall–Kier alpha value is -0.700. The number of para-hydroxylation sites is 1. The molecule has 0 aromatic heterocycles. The molecule has 0 unspecified atom stereocenters. The minimum atomic E-state index is -0.318. The molecule has 1 rings (SSSR count). The molecule has 0 saturated heterocycles. The number of rotatable bonds is 4. The van der Waals surface area contributed by atoms with Gasteiger partial charge in [-0.15, -0.1) is 11.8 Å². The van der Waals surface area contributed by atoms with Crippen molar-refractivity contribution in [1.29, 1.82) is 0 Å². The maximum Gasteiger partial charge on any atom is 0.147 e. The number of benzene rings is 1. The molecular weight excluding hydrogens is 185 g/mol. The van der Waals surface area contributed by atoms with Crippen molar-refractivity contribution in [2.75, 3.05) is 11.5 Å². The largest absolute Gasteiger partial charge is 0.395 e. The van der Waals surface area contributed by atoms with Crippen LogP contribution in [0, 0.1) is 5.82 Å². The molecule has 1 aromatic rings. The Morgan fingerprint density at radius 2 is 2.23 bits per heavy atom. The van der Waals surface area contributed by atoms with Crippen LogP contribution in [0.25, 0.3) is 0 Å². The van der Waals surface area contributed by atoms with Gasteiger partial charge < -0.3 is 5.73 Å². The van der Waals surface area contributed by atoms with Gasteiger partial charge in [-0.25, -0.2) is 4.39 Å². The van der Waals surface area contributed by atoms with Crippen LogP contribution < -0.4 is 5.73 Å². The summed E-state index contributed by atoms with van der Waals surface area (Å²) in [6.45, 7) is 2.13. The fourth-order valence-electron chi connectivity index (χ4n) is 0.970. The first kappa shape index (κ1) is 10.4. The van der Waals surface area contributed by atoms with Crippen molar-refractivity contribution >= 4 is 17.4 Å². The molecule has 0 spiro atoms. The fourth-order valence-corrected chi connectivity index (χ4v) is 2.05. The van der Waals surface area contributed by atoms with E-state index in [0.717, 1.165) is 23.5 Å². The zero-order valence-electron chi connectivity index (χ0n) is 7.72. The summed E-state index contributed by atoms with van der Waals surface area (Å²) < 4.78 is 13.0. The Morgan fingerprint density at radius 3 is 2.92 bits per heavy atom. The normalized spacial score (nSPS) is 10.3. The van der Waals surface area contributed by atoms with Crippen LogP contribution in [0.4, 0.5) is 10.1 Å². The van der Waals surface area contributed by atoms with E-state index in [1.807, 2.05) is 6.07 Å². The second-order valence-corrected chi connectivity index (χ2v) is 3.99. The molecule has 0 aliphatic rings. The van der Waals surface area contributed by atoms with Crippen LogP contribution in [0.2, 0.25) is 0 Å². The van der Waals surface area contributed by atoms with Crippen LogP contribution in [0.3, 0.4) is 0 Å². The number of nitrogens with two attached hydrogens (primary N) is 1. The Kier molecular flexibility index (Phi) is 4.09. The first-order valence-electron chi connectivity index (χ1n) is 4.42. The first-order chi connectivity index (χ1) is 6.25. The van der Waals surface area contributed by atoms with E-state index in [0.29, 0.717) is 0 Å². The fraction of sp³-hybridized carbons (Fsp3) is 0.400. The van der Waals surface area contributed by atoms with E-state index in [2.05, 4.69) is 6.92 Å². The summed E-state index contributed by atoms with van der Waals surface area (Å²) in [5.74, 6) is 0.686. The molecule has 3 heteroatoms. The van der Waals surface area contributed by atoms with Gasteiger partial charge >= 0.3 is 0 Å². The number of hydrogen-bond acceptors (Lipinski definition) is 2. The highest BCUT2D eigenvalue weighted by Gasteiger charge is 2.03. The third kappa shape index (κ3) is 2.92. The average molecular weight is 199 g/mol. The van der Waals surface area contributed by atoms with Gasteiger partial charge in [0.2, 0.25) is 0 Å². The molecule has 1 aromatic carbocycles. The molecular formula is C10H14FNS. The molecule has 0 fully saturated rings. The van der Waals surface area contributed by atoms with Crippen LogP contribution in [0.5, 0.6) is 0 Å². The molecule has 0 aliphatic carbocycles. The number of unbranched alkanes of at least 4 members (excludes halogenated alkanes) is 1. The summed E-state index contributed by atoms with van der Waals surface area (Å²) in [5.41, 5.74) is 5.85. The highest BCUT2D eigenvalue weighted by atomic mass is 32.2.